The van der Waals surface area contributed by atoms with Gasteiger partial charge in [-0.15, -0.1) is 11.8 Å². The molecule has 0 amide bonds. The maximum atomic E-state index is 5.78. The van der Waals surface area contributed by atoms with Crippen LogP contribution >= 0.6 is 11.8 Å². The van der Waals surface area contributed by atoms with E-state index in [2.05, 4.69) is 55.6 Å². The van der Waals surface area contributed by atoms with Gasteiger partial charge in [-0.1, -0.05) is 63.1 Å². The van der Waals surface area contributed by atoms with Gasteiger partial charge in [-0.2, -0.15) is 0 Å². The van der Waals surface area contributed by atoms with Gasteiger partial charge in [-0.05, 0) is 30.0 Å². The molecule has 4 heteroatoms. The van der Waals surface area contributed by atoms with Crippen molar-refractivity contribution in [1.82, 2.24) is 5.32 Å². The molecule has 0 unspecified atom stereocenters. The largest absolute Gasteiger partial charge is 0.493 e. The van der Waals surface area contributed by atoms with Gasteiger partial charge in [0, 0.05) is 11.3 Å². The molecule has 2 aromatic rings. The average molecular weight is 386 g/mol. The van der Waals surface area contributed by atoms with Crippen molar-refractivity contribution in [3.05, 3.63) is 53.6 Å². The molecular weight excluding hydrogens is 354 g/mol. The maximum Gasteiger partial charge on any atom is 0.174 e. The molecule has 3 rings (SSSR count). The zero-order valence-corrected chi connectivity index (χ0v) is 17.7. The summed E-state index contributed by atoms with van der Waals surface area (Å²) in [6.45, 7) is 4.57. The first-order valence-corrected chi connectivity index (χ1v) is 10.9. The number of methoxy groups -OCH3 is 2. The van der Waals surface area contributed by atoms with Gasteiger partial charge in [-0.25, -0.2) is 0 Å². The molecule has 0 radical (unpaired) electrons. The Bertz CT molecular complexity index is 750. The van der Waals surface area contributed by atoms with Crippen molar-refractivity contribution in [3.63, 3.8) is 0 Å². The van der Waals surface area contributed by atoms with Gasteiger partial charge >= 0.3 is 0 Å². The number of fused-ring (bicyclic) bond motifs is 1. The summed E-state index contributed by atoms with van der Waals surface area (Å²) < 4.78 is 11.4. The van der Waals surface area contributed by atoms with Crippen LogP contribution in [0.5, 0.6) is 11.5 Å². The Kier molecular flexibility index (Phi) is 6.72. The number of rotatable bonds is 7. The van der Waals surface area contributed by atoms with Gasteiger partial charge in [-0.3, -0.25) is 5.32 Å². The molecule has 0 aromatic heterocycles. The minimum atomic E-state index is 0.110. The molecule has 1 heterocycles. The molecule has 1 N–H and O–H groups in total. The van der Waals surface area contributed by atoms with Gasteiger partial charge < -0.3 is 9.47 Å². The molecular formula is C23H31NO2S. The Labute approximate surface area is 167 Å². The van der Waals surface area contributed by atoms with Gasteiger partial charge in [0.1, 0.15) is 0 Å². The summed E-state index contributed by atoms with van der Waals surface area (Å²) in [4.78, 5) is 1.20. The highest BCUT2D eigenvalue weighted by Gasteiger charge is 2.37. The lowest BCUT2D eigenvalue weighted by molar-refractivity contribution is 0.297. The number of nitrogens with one attached hydrogen (secondary N) is 1. The summed E-state index contributed by atoms with van der Waals surface area (Å²) >= 11 is 1.90. The van der Waals surface area contributed by atoms with Crippen LogP contribution in [0.1, 0.15) is 56.7 Å². The summed E-state index contributed by atoms with van der Waals surface area (Å²) in [5.74, 6) is 2.68. The van der Waals surface area contributed by atoms with Crippen molar-refractivity contribution < 1.29 is 9.47 Å². The van der Waals surface area contributed by atoms with Crippen molar-refractivity contribution in [1.29, 1.82) is 0 Å². The highest BCUT2D eigenvalue weighted by Crippen LogP contribution is 2.48. The third-order valence-electron chi connectivity index (χ3n) is 5.60. The molecule has 0 bridgehead atoms. The van der Waals surface area contributed by atoms with E-state index in [4.69, 9.17) is 9.47 Å². The normalized spacial score (nSPS) is 22.0. The third kappa shape index (κ3) is 4.12. The van der Waals surface area contributed by atoms with Crippen LogP contribution in [0.4, 0.5) is 0 Å². The summed E-state index contributed by atoms with van der Waals surface area (Å²) in [6, 6.07) is 15.1. The van der Waals surface area contributed by atoms with Crippen molar-refractivity contribution in [2.75, 3.05) is 20.0 Å². The molecule has 1 aliphatic rings. The van der Waals surface area contributed by atoms with Gasteiger partial charge in [0.15, 0.2) is 11.5 Å². The summed E-state index contributed by atoms with van der Waals surface area (Å²) in [5.41, 5.74) is 2.68. The molecule has 0 spiro atoms. The topological polar surface area (TPSA) is 30.5 Å². The Hall–Kier alpha value is -1.65. The molecule has 0 aliphatic carbocycles. The monoisotopic (exact) mass is 385 g/mol. The van der Waals surface area contributed by atoms with Crippen molar-refractivity contribution in [2.24, 2.45) is 0 Å². The minimum absolute atomic E-state index is 0.110. The van der Waals surface area contributed by atoms with E-state index in [1.54, 1.807) is 14.2 Å². The molecule has 0 fully saturated rings. The lowest BCUT2D eigenvalue weighted by Gasteiger charge is -2.36. The van der Waals surface area contributed by atoms with Crippen molar-refractivity contribution in [3.8, 4) is 11.5 Å². The van der Waals surface area contributed by atoms with E-state index in [1.807, 2.05) is 17.8 Å². The zero-order valence-electron chi connectivity index (χ0n) is 16.9. The number of ether oxygens (including phenoxy) is 2. The fraction of sp³-hybridized carbons (Fsp3) is 0.478. The zero-order chi connectivity index (χ0) is 19.3. The van der Waals surface area contributed by atoms with Crippen molar-refractivity contribution >= 4 is 11.8 Å². The number of hydrogen-bond donors (Lipinski definition) is 1. The van der Waals surface area contributed by atoms with Crippen LogP contribution in [0.25, 0.3) is 0 Å². The number of unbranched alkanes of at least 4 members (excludes halogenated alkanes) is 1. The Morgan fingerprint density at radius 3 is 2.48 bits per heavy atom. The fourth-order valence-electron chi connectivity index (χ4n) is 3.87. The van der Waals surface area contributed by atoms with E-state index in [-0.39, 0.29) is 11.6 Å². The van der Waals surface area contributed by atoms with Crippen LogP contribution in [0.2, 0.25) is 0 Å². The third-order valence-corrected chi connectivity index (χ3v) is 7.01. The van der Waals surface area contributed by atoms with Gasteiger partial charge in [0.2, 0.25) is 0 Å². The lowest BCUT2D eigenvalue weighted by Crippen LogP contribution is -2.48. The number of hydrogen-bond acceptors (Lipinski definition) is 4. The van der Waals surface area contributed by atoms with Crippen LogP contribution < -0.4 is 14.8 Å². The molecule has 146 valence electrons. The Morgan fingerprint density at radius 2 is 1.85 bits per heavy atom. The quantitative estimate of drug-likeness (QED) is 0.650. The summed E-state index contributed by atoms with van der Waals surface area (Å²) in [5, 5.41) is 4.06. The van der Waals surface area contributed by atoms with E-state index in [1.165, 1.54) is 35.3 Å². The minimum Gasteiger partial charge on any atom is -0.493 e. The Morgan fingerprint density at radius 1 is 1.07 bits per heavy atom. The second-order valence-electron chi connectivity index (χ2n) is 7.23. The predicted octanol–water partition coefficient (Wildman–Crippen LogP) is 5.83. The average Bonchev–Trinajstić information content (AvgIpc) is 2.90. The van der Waals surface area contributed by atoms with E-state index >= 15 is 0 Å². The standard InChI is InChI=1S/C23H31NO2S/c1-5-7-15-23(6-2)16-27-22-18(13-14-19(25-3)21(22)26-4)20(24-23)17-11-9-8-10-12-17/h8-14,20,24H,5-7,15-16H2,1-4H3/t20-,23+/m0/s1. The predicted molar refractivity (Wildman–Crippen MR) is 114 cm³/mol. The molecule has 2 aromatic carbocycles. The molecule has 3 nitrogen and oxygen atoms in total. The lowest BCUT2D eigenvalue weighted by atomic mass is 9.88. The number of thioether (sulfide) groups is 1. The molecule has 2 atom stereocenters. The van der Waals surface area contributed by atoms with Gasteiger partial charge in [0.05, 0.1) is 25.2 Å². The first kappa shape index (κ1) is 20.1. The maximum absolute atomic E-state index is 5.78. The highest BCUT2D eigenvalue weighted by molar-refractivity contribution is 7.99. The van der Waals surface area contributed by atoms with Gasteiger partial charge in [0.25, 0.3) is 0 Å². The van der Waals surface area contributed by atoms with Crippen LogP contribution in [0.3, 0.4) is 0 Å². The second kappa shape index (κ2) is 9.03. The fourth-order valence-corrected chi connectivity index (χ4v) is 5.39. The van der Waals surface area contributed by atoms with Crippen molar-refractivity contribution in [2.45, 2.75) is 56.0 Å². The van der Waals surface area contributed by atoms with Crippen LogP contribution in [-0.2, 0) is 0 Å². The molecule has 1 aliphatic heterocycles. The summed E-state index contributed by atoms with van der Waals surface area (Å²) in [7, 11) is 3.44. The Balaban J connectivity index is 2.13. The highest BCUT2D eigenvalue weighted by atomic mass is 32.2. The van der Waals surface area contributed by atoms with Crippen LogP contribution in [0.15, 0.2) is 47.4 Å². The van der Waals surface area contributed by atoms with E-state index in [0.29, 0.717) is 0 Å². The molecule has 0 saturated heterocycles. The number of benzene rings is 2. The smallest absolute Gasteiger partial charge is 0.174 e. The molecule has 27 heavy (non-hydrogen) atoms. The van der Waals surface area contributed by atoms with E-state index in [9.17, 15) is 0 Å². The van der Waals surface area contributed by atoms with Crippen LogP contribution in [-0.4, -0.2) is 25.5 Å². The first-order chi connectivity index (χ1) is 13.2. The molecule has 0 saturated carbocycles. The first-order valence-electron chi connectivity index (χ1n) is 9.88. The SMILES string of the molecule is CCCC[C@]1(CC)CSc2c(ccc(OC)c2OC)[C@H](c2ccccc2)N1. The van der Waals surface area contributed by atoms with E-state index < -0.39 is 0 Å². The summed E-state index contributed by atoms with van der Waals surface area (Å²) in [6.07, 6.45) is 4.74. The van der Waals surface area contributed by atoms with Crippen LogP contribution in [0, 0.1) is 0 Å². The van der Waals surface area contributed by atoms with E-state index in [0.717, 1.165) is 23.7 Å². The second-order valence-corrected chi connectivity index (χ2v) is 8.22.